The van der Waals surface area contributed by atoms with Crippen molar-refractivity contribution in [2.45, 2.75) is 64.0 Å². The maximum absolute atomic E-state index is 15.0. The highest BCUT2D eigenvalue weighted by Crippen LogP contribution is 2.42. The number of likely N-dealkylation sites (tertiary alicyclic amines) is 1. The number of hydrogen-bond acceptors (Lipinski definition) is 7. The van der Waals surface area contributed by atoms with Gasteiger partial charge in [-0.05, 0) is 39.7 Å². The predicted molar refractivity (Wildman–Crippen MR) is 135 cm³/mol. The molecule has 1 aliphatic rings. The molecule has 7 nitrogen and oxygen atoms in total. The van der Waals surface area contributed by atoms with E-state index in [0.29, 0.717) is 54.1 Å². The molecule has 1 aliphatic heterocycles. The maximum Gasteiger partial charge on any atom is 0.273 e. The van der Waals surface area contributed by atoms with E-state index in [4.69, 9.17) is 4.74 Å². The Morgan fingerprint density at radius 2 is 1.89 bits per heavy atom. The summed E-state index contributed by atoms with van der Waals surface area (Å²) in [6.45, 7) is 8.13. The first-order valence-corrected chi connectivity index (χ1v) is 12.3. The van der Waals surface area contributed by atoms with Crippen molar-refractivity contribution in [3.05, 3.63) is 53.1 Å². The minimum Gasteiger partial charge on any atom is -0.481 e. The molecule has 1 aromatic carbocycles. The number of anilines is 1. The molecule has 0 radical (unpaired) electrons. The van der Waals surface area contributed by atoms with Gasteiger partial charge < -0.3 is 15.0 Å². The first-order chi connectivity index (χ1) is 17.5. The topological polar surface area (TPSA) is 87.0 Å². The van der Waals surface area contributed by atoms with Gasteiger partial charge in [0.05, 0.1) is 35.6 Å². The third kappa shape index (κ3) is 5.05. The molecule has 1 N–H and O–H groups in total. The van der Waals surface area contributed by atoms with Crippen LogP contribution in [0.3, 0.4) is 0 Å². The molecular weight excluding hydrogens is 481 g/mol. The predicted octanol–water partition coefficient (Wildman–Crippen LogP) is 5.72. The van der Waals surface area contributed by atoms with E-state index in [0.717, 1.165) is 19.2 Å². The molecule has 10 heteroatoms. The standard InChI is InChI=1S/C27H31F3N6O/c1-16(2)36-11-9-27(14-31,10-12-36)21-13-19-23(32-15-33-24(19)35-25(21)37-5)34-17(3)18-7-6-8-20(22(18)28)26(4,29)30/h6-8,13,15-17H,9-12H2,1-5H3,(H,32,33,34,35)/t17-/m1/s1. The summed E-state index contributed by atoms with van der Waals surface area (Å²) in [4.78, 5) is 15.5. The first-order valence-electron chi connectivity index (χ1n) is 12.3. The molecule has 2 aromatic heterocycles. The summed E-state index contributed by atoms with van der Waals surface area (Å²) in [5.41, 5.74) is -0.389. The molecule has 0 amide bonds. The van der Waals surface area contributed by atoms with Crippen molar-refractivity contribution >= 4 is 16.9 Å². The molecule has 1 fully saturated rings. The van der Waals surface area contributed by atoms with Crippen LogP contribution in [0, 0.1) is 17.1 Å². The summed E-state index contributed by atoms with van der Waals surface area (Å²) in [7, 11) is 1.51. The Hall–Kier alpha value is -3.45. The molecule has 0 unspecified atom stereocenters. The van der Waals surface area contributed by atoms with E-state index in [1.165, 1.54) is 25.6 Å². The number of halogens is 3. The van der Waals surface area contributed by atoms with Gasteiger partial charge in [0.1, 0.15) is 18.0 Å². The molecule has 0 aliphatic carbocycles. The molecule has 0 saturated carbocycles. The lowest BCUT2D eigenvalue weighted by Crippen LogP contribution is -2.44. The number of methoxy groups -OCH3 is 1. The summed E-state index contributed by atoms with van der Waals surface area (Å²) in [5, 5.41) is 14.0. The Balaban J connectivity index is 1.75. The Bertz CT molecular complexity index is 1330. The number of hydrogen-bond donors (Lipinski definition) is 1. The number of nitrogens with one attached hydrogen (secondary N) is 1. The van der Waals surface area contributed by atoms with Crippen LogP contribution in [0.2, 0.25) is 0 Å². The van der Waals surface area contributed by atoms with Crippen LogP contribution in [0.5, 0.6) is 5.88 Å². The minimum absolute atomic E-state index is 0.0852. The van der Waals surface area contributed by atoms with E-state index in [9.17, 15) is 14.0 Å². The smallest absolute Gasteiger partial charge is 0.273 e. The molecule has 3 heterocycles. The Labute approximate surface area is 214 Å². The van der Waals surface area contributed by atoms with Gasteiger partial charge in [0.25, 0.3) is 5.92 Å². The molecule has 1 saturated heterocycles. The molecule has 1 atom stereocenters. The van der Waals surface area contributed by atoms with Crippen LogP contribution in [0.25, 0.3) is 11.0 Å². The van der Waals surface area contributed by atoms with Crippen molar-refractivity contribution in [1.29, 1.82) is 5.26 Å². The Morgan fingerprint density at radius 1 is 1.19 bits per heavy atom. The third-order valence-electron chi connectivity index (χ3n) is 7.22. The van der Waals surface area contributed by atoms with Gasteiger partial charge >= 0.3 is 0 Å². The Kier molecular flexibility index (Phi) is 7.29. The van der Waals surface area contributed by atoms with Crippen molar-refractivity contribution in [3.8, 4) is 11.9 Å². The SMILES string of the molecule is COc1nc2ncnc(N[C@H](C)c3cccc(C(C)(F)F)c3F)c2cc1C1(C#N)CCN(C(C)C)CC1. The van der Waals surface area contributed by atoms with Crippen LogP contribution in [0.1, 0.15) is 63.3 Å². The fourth-order valence-corrected chi connectivity index (χ4v) is 4.95. The van der Waals surface area contributed by atoms with Crippen LogP contribution in [0.4, 0.5) is 19.0 Å². The number of rotatable bonds is 7. The zero-order valence-electron chi connectivity index (χ0n) is 21.6. The molecule has 196 valence electrons. The summed E-state index contributed by atoms with van der Waals surface area (Å²) >= 11 is 0. The van der Waals surface area contributed by atoms with Crippen LogP contribution in [0.15, 0.2) is 30.6 Å². The second kappa shape index (κ2) is 10.1. The minimum atomic E-state index is -3.31. The second-order valence-electron chi connectivity index (χ2n) is 9.93. The number of benzene rings is 1. The van der Waals surface area contributed by atoms with Gasteiger partial charge in [-0.3, -0.25) is 0 Å². The Morgan fingerprint density at radius 3 is 2.49 bits per heavy atom. The van der Waals surface area contributed by atoms with Crippen molar-refractivity contribution in [2.75, 3.05) is 25.5 Å². The molecule has 0 spiro atoms. The van der Waals surface area contributed by atoms with Gasteiger partial charge in [0, 0.05) is 37.2 Å². The van der Waals surface area contributed by atoms with Crippen molar-refractivity contribution in [1.82, 2.24) is 19.9 Å². The largest absolute Gasteiger partial charge is 0.481 e. The van der Waals surface area contributed by atoms with Gasteiger partial charge in [0.2, 0.25) is 5.88 Å². The molecule has 0 bridgehead atoms. The van der Waals surface area contributed by atoms with Crippen molar-refractivity contribution < 1.29 is 17.9 Å². The van der Waals surface area contributed by atoms with E-state index >= 15 is 4.39 Å². The van der Waals surface area contributed by atoms with Crippen LogP contribution < -0.4 is 10.1 Å². The number of nitriles is 1. The van der Waals surface area contributed by atoms with Gasteiger partial charge in [-0.15, -0.1) is 0 Å². The quantitative estimate of drug-likeness (QED) is 0.433. The van der Waals surface area contributed by atoms with Crippen LogP contribution in [-0.4, -0.2) is 46.1 Å². The maximum atomic E-state index is 15.0. The summed E-state index contributed by atoms with van der Waals surface area (Å²) in [5.74, 6) is -3.59. The zero-order valence-corrected chi connectivity index (χ0v) is 21.6. The summed E-state index contributed by atoms with van der Waals surface area (Å²) in [6, 6.07) is 7.98. The number of piperidine rings is 1. The van der Waals surface area contributed by atoms with Crippen LogP contribution >= 0.6 is 0 Å². The summed E-state index contributed by atoms with van der Waals surface area (Å²) < 4.78 is 48.4. The van der Waals surface area contributed by atoms with Gasteiger partial charge in [-0.25, -0.2) is 23.1 Å². The molecule has 37 heavy (non-hydrogen) atoms. The number of fused-ring (bicyclic) bond motifs is 1. The van der Waals surface area contributed by atoms with Gasteiger partial charge in [-0.1, -0.05) is 18.2 Å². The average molecular weight is 513 g/mol. The highest BCUT2D eigenvalue weighted by molar-refractivity contribution is 5.88. The molecular formula is C27H31F3N6O. The lowest BCUT2D eigenvalue weighted by atomic mass is 9.74. The fraction of sp³-hybridized carbons (Fsp3) is 0.481. The third-order valence-corrected chi connectivity index (χ3v) is 7.22. The zero-order chi connectivity index (χ0) is 27.0. The van der Waals surface area contributed by atoms with Gasteiger partial charge in [-0.2, -0.15) is 10.2 Å². The monoisotopic (exact) mass is 512 g/mol. The van der Waals surface area contributed by atoms with Crippen molar-refractivity contribution in [2.24, 2.45) is 0 Å². The summed E-state index contributed by atoms with van der Waals surface area (Å²) in [6.07, 6.45) is 2.54. The number of alkyl halides is 2. The highest BCUT2D eigenvalue weighted by Gasteiger charge is 2.40. The number of nitrogens with zero attached hydrogens (tertiary/aromatic N) is 5. The van der Waals surface area contributed by atoms with Gasteiger partial charge in [0.15, 0.2) is 5.65 Å². The van der Waals surface area contributed by atoms with E-state index in [1.807, 2.05) is 6.07 Å². The normalized spacial score (nSPS) is 17.0. The fourth-order valence-electron chi connectivity index (χ4n) is 4.95. The number of pyridine rings is 1. The number of ether oxygens (including phenoxy) is 1. The lowest BCUT2D eigenvalue weighted by Gasteiger charge is -2.39. The second-order valence-corrected chi connectivity index (χ2v) is 9.93. The first kappa shape index (κ1) is 26.6. The van der Waals surface area contributed by atoms with E-state index in [1.54, 1.807) is 6.92 Å². The molecule has 4 rings (SSSR count). The molecule has 3 aromatic rings. The average Bonchev–Trinajstić information content (AvgIpc) is 2.87. The number of aromatic nitrogens is 3. The van der Waals surface area contributed by atoms with Crippen molar-refractivity contribution in [3.63, 3.8) is 0 Å². The van der Waals surface area contributed by atoms with Crippen LogP contribution in [-0.2, 0) is 11.3 Å². The lowest BCUT2D eigenvalue weighted by molar-refractivity contribution is 0.0136. The van der Waals surface area contributed by atoms with E-state index in [-0.39, 0.29) is 5.56 Å². The van der Waals surface area contributed by atoms with E-state index in [2.05, 4.69) is 45.1 Å². The highest BCUT2D eigenvalue weighted by atomic mass is 19.3. The van der Waals surface area contributed by atoms with E-state index < -0.39 is 28.8 Å².